The number of likely N-dealkylation sites (tertiary alicyclic amines) is 1. The summed E-state index contributed by atoms with van der Waals surface area (Å²) >= 11 is 0. The Morgan fingerprint density at radius 2 is 1.68 bits per heavy atom. The summed E-state index contributed by atoms with van der Waals surface area (Å²) in [7, 11) is 1.27. The third-order valence-corrected chi connectivity index (χ3v) is 10.8. The van der Waals surface area contributed by atoms with Gasteiger partial charge >= 0.3 is 12.1 Å². The maximum Gasteiger partial charge on any atom is 0.408 e. The number of para-hydroxylation sites is 1. The number of hydrogen-bond donors (Lipinski definition) is 2. The highest BCUT2D eigenvalue weighted by molar-refractivity contribution is 5.94. The molecule has 3 atom stereocenters. The van der Waals surface area contributed by atoms with Crippen LogP contribution in [0.2, 0.25) is 0 Å². The molecule has 1 saturated heterocycles. The van der Waals surface area contributed by atoms with Crippen LogP contribution in [0.25, 0.3) is 10.9 Å². The average Bonchev–Trinajstić information content (AvgIpc) is 3.66. The number of esters is 1. The monoisotopic (exact) mass is 644 g/mol. The molecule has 2 aromatic carbocycles. The van der Waals surface area contributed by atoms with Crippen LogP contribution < -0.4 is 10.1 Å². The van der Waals surface area contributed by atoms with E-state index in [2.05, 4.69) is 10.3 Å². The fourth-order valence-electron chi connectivity index (χ4n) is 8.90. The predicted octanol–water partition coefficient (Wildman–Crippen LogP) is 5.15. The first-order valence-corrected chi connectivity index (χ1v) is 16.4. The number of carbonyl (C=O) groups is 3. The molecule has 2 heterocycles. The van der Waals surface area contributed by atoms with Gasteiger partial charge in [0, 0.05) is 42.1 Å². The van der Waals surface area contributed by atoms with Gasteiger partial charge in [-0.25, -0.2) is 9.59 Å². The standard InChI is InChI=1S/C35H40N4O8/c1-35(17-24-18-36-29-6-4-3-5-28(24)29,37-34(42)47-31-22-12-20-11-21(14-22)15-23(31)13-20)33(41)38-19-27(16-30(38)32(40)45-2)46-26-9-7-25(8-10-26)39(43)44/h3-10,18,20-23,27,30-31,36H,11-17,19H2,1-2H3,(H,37,42)/t20?,21?,22?,23?,27-,30-,31?,35-/m1/s1. The number of benzene rings is 2. The maximum absolute atomic E-state index is 14.7. The van der Waals surface area contributed by atoms with Crippen molar-refractivity contribution in [2.75, 3.05) is 13.7 Å². The molecule has 248 valence electrons. The minimum atomic E-state index is -1.48. The summed E-state index contributed by atoms with van der Waals surface area (Å²) in [5, 5.41) is 15.0. The van der Waals surface area contributed by atoms with Crippen LogP contribution in [0.4, 0.5) is 10.5 Å². The van der Waals surface area contributed by atoms with Crippen LogP contribution in [0.5, 0.6) is 5.75 Å². The van der Waals surface area contributed by atoms with Crippen LogP contribution in [0.15, 0.2) is 54.7 Å². The lowest BCUT2D eigenvalue weighted by atomic mass is 9.55. The Morgan fingerprint density at radius 1 is 1.00 bits per heavy atom. The van der Waals surface area contributed by atoms with Gasteiger partial charge in [-0.1, -0.05) is 18.2 Å². The van der Waals surface area contributed by atoms with Crippen molar-refractivity contribution < 1.29 is 33.5 Å². The number of rotatable bonds is 9. The number of nitrogens with zero attached hydrogens (tertiary/aromatic N) is 2. The highest BCUT2D eigenvalue weighted by Gasteiger charge is 2.52. The van der Waals surface area contributed by atoms with Gasteiger partial charge in [-0.15, -0.1) is 0 Å². The number of fused-ring (bicyclic) bond motifs is 1. The summed E-state index contributed by atoms with van der Waals surface area (Å²) in [6.07, 6.45) is 6.36. The van der Waals surface area contributed by atoms with E-state index in [9.17, 15) is 24.5 Å². The molecule has 0 spiro atoms. The highest BCUT2D eigenvalue weighted by atomic mass is 16.6. The Hall–Kier alpha value is -4.61. The quantitative estimate of drug-likeness (QED) is 0.184. The normalized spacial score (nSPS) is 28.9. The van der Waals surface area contributed by atoms with E-state index in [0.717, 1.165) is 54.0 Å². The molecule has 4 saturated carbocycles. The fourth-order valence-corrected chi connectivity index (χ4v) is 8.90. The molecule has 8 rings (SSSR count). The van der Waals surface area contributed by atoms with Crippen molar-refractivity contribution in [3.8, 4) is 5.75 Å². The van der Waals surface area contributed by atoms with Crippen LogP contribution in [-0.4, -0.2) is 70.2 Å². The van der Waals surface area contributed by atoms with Crippen LogP contribution in [0.1, 0.15) is 51.0 Å². The van der Waals surface area contributed by atoms with E-state index < -0.39 is 40.6 Å². The van der Waals surface area contributed by atoms with Gasteiger partial charge in [0.15, 0.2) is 0 Å². The molecule has 5 aliphatic rings. The molecule has 1 aliphatic heterocycles. The van der Waals surface area contributed by atoms with Crippen molar-refractivity contribution in [2.24, 2.45) is 23.7 Å². The lowest BCUT2D eigenvalue weighted by Crippen LogP contribution is -2.62. The number of aromatic amines is 1. The molecule has 12 nitrogen and oxygen atoms in total. The number of amides is 2. The molecule has 2 amide bonds. The summed E-state index contributed by atoms with van der Waals surface area (Å²) in [4.78, 5) is 56.7. The van der Waals surface area contributed by atoms with E-state index in [4.69, 9.17) is 14.2 Å². The largest absolute Gasteiger partial charge is 0.488 e. The summed E-state index contributed by atoms with van der Waals surface area (Å²) in [6, 6.07) is 12.4. The van der Waals surface area contributed by atoms with Crippen molar-refractivity contribution >= 4 is 34.6 Å². The molecule has 5 fully saturated rings. The number of methoxy groups -OCH3 is 1. The molecular weight excluding hydrogens is 604 g/mol. The Balaban J connectivity index is 1.14. The van der Waals surface area contributed by atoms with E-state index in [-0.39, 0.29) is 31.2 Å². The highest BCUT2D eigenvalue weighted by Crippen LogP contribution is 2.54. The van der Waals surface area contributed by atoms with Gasteiger partial charge < -0.3 is 29.4 Å². The average molecular weight is 645 g/mol. The summed E-state index contributed by atoms with van der Waals surface area (Å²) in [5.41, 5.74) is 0.174. The number of non-ortho nitro benzene ring substituents is 1. The molecule has 4 bridgehead atoms. The lowest BCUT2D eigenvalue weighted by molar-refractivity contribution is -0.384. The maximum atomic E-state index is 14.7. The Bertz CT molecular complexity index is 1660. The van der Waals surface area contributed by atoms with Crippen molar-refractivity contribution in [2.45, 2.75) is 75.7 Å². The molecular formula is C35H40N4O8. The number of aromatic nitrogens is 1. The molecule has 12 heteroatoms. The molecule has 4 aliphatic carbocycles. The summed E-state index contributed by atoms with van der Waals surface area (Å²) in [6.45, 7) is 1.72. The first kappa shape index (κ1) is 31.0. The fraction of sp³-hybridized carbons (Fsp3) is 0.514. The van der Waals surface area contributed by atoms with E-state index in [1.807, 2.05) is 30.5 Å². The summed E-state index contributed by atoms with van der Waals surface area (Å²) in [5.74, 6) is 1.46. The van der Waals surface area contributed by atoms with Gasteiger partial charge in [0.05, 0.1) is 18.6 Å². The number of H-pyrrole nitrogens is 1. The van der Waals surface area contributed by atoms with Crippen LogP contribution in [0, 0.1) is 33.8 Å². The third-order valence-electron chi connectivity index (χ3n) is 10.8. The van der Waals surface area contributed by atoms with Gasteiger partial charge in [-0.3, -0.25) is 14.9 Å². The van der Waals surface area contributed by atoms with Gasteiger partial charge in [-0.2, -0.15) is 0 Å². The third kappa shape index (κ3) is 6.01. The molecule has 47 heavy (non-hydrogen) atoms. The first-order valence-electron chi connectivity index (χ1n) is 16.4. The van der Waals surface area contributed by atoms with Gasteiger partial charge in [0.1, 0.15) is 29.5 Å². The number of nitrogens with one attached hydrogen (secondary N) is 2. The minimum absolute atomic E-state index is 0.0470. The number of alkyl carbamates (subject to hydrolysis) is 1. The van der Waals surface area contributed by atoms with E-state index in [1.165, 1.54) is 42.7 Å². The smallest absolute Gasteiger partial charge is 0.408 e. The van der Waals surface area contributed by atoms with E-state index >= 15 is 0 Å². The zero-order valence-electron chi connectivity index (χ0n) is 26.6. The van der Waals surface area contributed by atoms with Crippen molar-refractivity contribution in [3.63, 3.8) is 0 Å². The van der Waals surface area contributed by atoms with Crippen LogP contribution >= 0.6 is 0 Å². The zero-order valence-corrected chi connectivity index (χ0v) is 26.6. The minimum Gasteiger partial charge on any atom is -0.488 e. The zero-order chi connectivity index (χ0) is 32.9. The lowest BCUT2D eigenvalue weighted by Gasteiger charge is -2.53. The summed E-state index contributed by atoms with van der Waals surface area (Å²) < 4.78 is 17.3. The Labute approximate surface area is 272 Å². The topological polar surface area (TPSA) is 153 Å². The van der Waals surface area contributed by atoms with E-state index in [1.54, 1.807) is 6.92 Å². The van der Waals surface area contributed by atoms with Crippen molar-refractivity contribution in [1.29, 1.82) is 0 Å². The second-order valence-corrected chi connectivity index (χ2v) is 14.0. The molecule has 3 aromatic rings. The number of carbonyl (C=O) groups excluding carboxylic acids is 3. The van der Waals surface area contributed by atoms with E-state index in [0.29, 0.717) is 17.6 Å². The Kier molecular flexibility index (Phi) is 8.05. The Morgan fingerprint density at radius 3 is 2.34 bits per heavy atom. The second-order valence-electron chi connectivity index (χ2n) is 14.0. The van der Waals surface area contributed by atoms with Gasteiger partial charge in [0.25, 0.3) is 5.69 Å². The van der Waals surface area contributed by atoms with Crippen LogP contribution in [-0.2, 0) is 25.5 Å². The van der Waals surface area contributed by atoms with Crippen molar-refractivity contribution in [3.05, 3.63) is 70.4 Å². The number of hydrogen-bond acceptors (Lipinski definition) is 8. The SMILES string of the molecule is COC(=O)[C@H]1C[C@@H](Oc2ccc([N+](=O)[O-])cc2)CN1C(=O)[C@@](C)(Cc1c[nH]c2ccccc12)NC(=O)OC1C2CC3CC(C2)CC1C3. The second kappa shape index (κ2) is 12.2. The van der Waals surface area contributed by atoms with Gasteiger partial charge in [0.2, 0.25) is 5.91 Å². The van der Waals surface area contributed by atoms with Crippen LogP contribution in [0.3, 0.4) is 0 Å². The number of ether oxygens (including phenoxy) is 3. The van der Waals surface area contributed by atoms with Crippen molar-refractivity contribution in [1.82, 2.24) is 15.2 Å². The first-order chi connectivity index (χ1) is 22.6. The molecule has 1 aromatic heterocycles. The molecule has 2 N–H and O–H groups in total. The predicted molar refractivity (Wildman–Crippen MR) is 171 cm³/mol. The van der Waals surface area contributed by atoms with Gasteiger partial charge in [-0.05, 0) is 86.5 Å². The number of nitro groups is 1. The molecule has 0 radical (unpaired) electrons. The molecule has 0 unspecified atom stereocenters. The number of nitro benzene ring substituents is 1.